The highest BCUT2D eigenvalue weighted by atomic mass is 79.9. The summed E-state index contributed by atoms with van der Waals surface area (Å²) >= 11 is 3.21. The fourth-order valence-electron chi connectivity index (χ4n) is 5.98. The zero-order chi connectivity index (χ0) is 24.3. The molecule has 1 fully saturated rings. The summed E-state index contributed by atoms with van der Waals surface area (Å²) in [4.78, 5) is 54.1. The number of likely N-dealkylation sites (tertiary alicyclic amines) is 1. The topological polar surface area (TPSA) is 101 Å². The van der Waals surface area contributed by atoms with Crippen molar-refractivity contribution in [2.45, 2.75) is 32.1 Å². The minimum absolute atomic E-state index is 0.0777. The normalized spacial score (nSPS) is 28.4. The first kappa shape index (κ1) is 22.8. The highest BCUT2D eigenvalue weighted by Gasteiger charge is 2.56. The number of hydrogen-bond donors (Lipinski definition) is 1. The van der Waals surface area contributed by atoms with Crippen LogP contribution in [-0.4, -0.2) is 47.0 Å². The number of ketones is 2. The summed E-state index contributed by atoms with van der Waals surface area (Å²) in [5.74, 6) is -2.67. The predicted molar refractivity (Wildman–Crippen MR) is 126 cm³/mol. The number of carbonyl (C=O) groups excluding carboxylic acids is 4. The van der Waals surface area contributed by atoms with Crippen LogP contribution in [-0.2, 0) is 19.2 Å². The summed E-state index contributed by atoms with van der Waals surface area (Å²) in [6.07, 6.45) is 4.57. The van der Waals surface area contributed by atoms with Crippen LogP contribution in [0.5, 0.6) is 11.5 Å². The van der Waals surface area contributed by atoms with E-state index in [1.165, 1.54) is 18.1 Å². The van der Waals surface area contributed by atoms with E-state index in [0.717, 1.165) is 5.57 Å². The number of methoxy groups -OCH3 is 1. The summed E-state index contributed by atoms with van der Waals surface area (Å²) in [5.41, 5.74) is 2.24. The zero-order valence-electron chi connectivity index (χ0n) is 18.8. The van der Waals surface area contributed by atoms with Gasteiger partial charge in [0.1, 0.15) is 0 Å². The van der Waals surface area contributed by atoms with Crippen molar-refractivity contribution in [3.63, 3.8) is 0 Å². The SMILES string of the molecule is CCCN1C(=O)C2CC=C3C(c4ccc(OC)c(O)c4)C4=C(CC3C2C1=O)C(=O)C(Br)=CC4=O. The van der Waals surface area contributed by atoms with E-state index >= 15 is 0 Å². The fraction of sp³-hybridized carbons (Fsp3) is 0.385. The van der Waals surface area contributed by atoms with Gasteiger partial charge in [-0.3, -0.25) is 24.1 Å². The number of nitrogens with zero attached hydrogens (tertiary/aromatic N) is 1. The first-order valence-electron chi connectivity index (χ1n) is 11.4. The van der Waals surface area contributed by atoms with Crippen molar-refractivity contribution in [3.05, 3.63) is 57.1 Å². The van der Waals surface area contributed by atoms with E-state index in [2.05, 4.69) is 15.9 Å². The number of benzene rings is 1. The van der Waals surface area contributed by atoms with Crippen molar-refractivity contribution >= 4 is 39.3 Å². The Balaban J connectivity index is 1.67. The number of imide groups is 1. The molecule has 0 saturated carbocycles. The quantitative estimate of drug-likeness (QED) is 0.366. The highest BCUT2D eigenvalue weighted by Crippen LogP contribution is 2.55. The standard InChI is InChI=1S/C26H24BrNO6/c1-3-8-28-25(32)14-6-5-13-15(22(14)26(28)33)10-16-23(19(30)11-17(27)24(16)31)21(13)12-4-7-20(34-2)18(29)9-12/h4-5,7,9,11,14-15,21-22,29H,3,6,8,10H2,1-2H3. The minimum Gasteiger partial charge on any atom is -0.504 e. The van der Waals surface area contributed by atoms with Gasteiger partial charge in [0.2, 0.25) is 11.8 Å². The van der Waals surface area contributed by atoms with Crippen molar-refractivity contribution in [2.24, 2.45) is 17.8 Å². The van der Waals surface area contributed by atoms with E-state index in [4.69, 9.17) is 4.74 Å². The van der Waals surface area contributed by atoms with Crippen LogP contribution >= 0.6 is 15.9 Å². The Morgan fingerprint density at radius 3 is 2.59 bits per heavy atom. The smallest absolute Gasteiger partial charge is 0.233 e. The van der Waals surface area contributed by atoms with Crippen LogP contribution in [0.4, 0.5) is 0 Å². The molecule has 0 radical (unpaired) electrons. The van der Waals surface area contributed by atoms with Crippen LogP contribution in [0.25, 0.3) is 0 Å². The van der Waals surface area contributed by atoms with E-state index in [1.807, 2.05) is 13.0 Å². The van der Waals surface area contributed by atoms with Crippen LogP contribution in [0.1, 0.15) is 37.7 Å². The maximum absolute atomic E-state index is 13.4. The molecule has 0 bridgehead atoms. The number of phenolic OH excluding ortho intramolecular Hbond substituents is 1. The van der Waals surface area contributed by atoms with Gasteiger partial charge < -0.3 is 9.84 Å². The number of amides is 2. The van der Waals surface area contributed by atoms with E-state index in [9.17, 15) is 24.3 Å². The molecule has 4 aliphatic rings. The number of carbonyl (C=O) groups is 4. The van der Waals surface area contributed by atoms with Gasteiger partial charge in [0.05, 0.1) is 23.4 Å². The maximum Gasteiger partial charge on any atom is 0.233 e. The second-order valence-corrected chi connectivity index (χ2v) is 10.0. The van der Waals surface area contributed by atoms with Crippen LogP contribution in [0.3, 0.4) is 0 Å². The molecule has 1 aromatic carbocycles. The van der Waals surface area contributed by atoms with Crippen molar-refractivity contribution in [1.82, 2.24) is 4.90 Å². The molecule has 1 aromatic rings. The van der Waals surface area contributed by atoms with Crippen LogP contribution in [0, 0.1) is 17.8 Å². The van der Waals surface area contributed by atoms with Gasteiger partial charge in [0, 0.05) is 29.7 Å². The van der Waals surface area contributed by atoms with Gasteiger partial charge in [0.15, 0.2) is 23.1 Å². The molecule has 1 aliphatic heterocycles. The Labute approximate surface area is 205 Å². The van der Waals surface area contributed by atoms with E-state index in [1.54, 1.807) is 18.2 Å². The van der Waals surface area contributed by atoms with Crippen molar-refractivity contribution < 1.29 is 29.0 Å². The van der Waals surface area contributed by atoms with Gasteiger partial charge in [-0.2, -0.15) is 0 Å². The maximum atomic E-state index is 13.4. The van der Waals surface area contributed by atoms with E-state index < -0.39 is 17.8 Å². The molecule has 3 aliphatic carbocycles. The molecular weight excluding hydrogens is 502 g/mol. The Morgan fingerprint density at radius 2 is 1.91 bits per heavy atom. The Morgan fingerprint density at radius 1 is 1.15 bits per heavy atom. The van der Waals surface area contributed by atoms with E-state index in [0.29, 0.717) is 41.8 Å². The number of halogens is 1. The van der Waals surface area contributed by atoms with Gasteiger partial charge in [0.25, 0.3) is 0 Å². The summed E-state index contributed by atoms with van der Waals surface area (Å²) in [5, 5.41) is 10.5. The predicted octanol–water partition coefficient (Wildman–Crippen LogP) is 3.57. The molecule has 176 valence electrons. The number of hydrogen-bond acceptors (Lipinski definition) is 6. The largest absolute Gasteiger partial charge is 0.504 e. The molecule has 0 spiro atoms. The van der Waals surface area contributed by atoms with Crippen LogP contribution < -0.4 is 4.74 Å². The molecule has 4 unspecified atom stereocenters. The molecular formula is C26H24BrNO6. The van der Waals surface area contributed by atoms with Gasteiger partial charge >= 0.3 is 0 Å². The number of aromatic hydroxyl groups is 1. The number of phenols is 1. The average Bonchev–Trinajstić information content (AvgIpc) is 3.06. The summed E-state index contributed by atoms with van der Waals surface area (Å²) in [7, 11) is 1.45. The number of fused-ring (bicyclic) bond motifs is 3. The lowest BCUT2D eigenvalue weighted by Gasteiger charge is -2.42. The van der Waals surface area contributed by atoms with Gasteiger partial charge in [-0.1, -0.05) is 24.6 Å². The van der Waals surface area contributed by atoms with Gasteiger partial charge in [-0.25, -0.2) is 0 Å². The number of rotatable bonds is 4. The fourth-order valence-corrected chi connectivity index (χ4v) is 6.43. The lowest BCUT2D eigenvalue weighted by Crippen LogP contribution is -2.39. The minimum atomic E-state index is -0.595. The molecule has 34 heavy (non-hydrogen) atoms. The molecule has 7 nitrogen and oxygen atoms in total. The third-order valence-electron chi connectivity index (χ3n) is 7.41. The third kappa shape index (κ3) is 3.22. The second kappa shape index (κ2) is 8.34. The van der Waals surface area contributed by atoms with Gasteiger partial charge in [-0.15, -0.1) is 0 Å². The van der Waals surface area contributed by atoms with Crippen molar-refractivity contribution in [3.8, 4) is 11.5 Å². The molecule has 5 rings (SSSR count). The van der Waals surface area contributed by atoms with Gasteiger partial charge in [-0.05, 0) is 58.8 Å². The Hall–Kier alpha value is -3.00. The monoisotopic (exact) mass is 525 g/mol. The zero-order valence-corrected chi connectivity index (χ0v) is 20.4. The lowest BCUT2D eigenvalue weighted by molar-refractivity contribution is -0.140. The van der Waals surface area contributed by atoms with Crippen molar-refractivity contribution in [1.29, 1.82) is 0 Å². The Kier molecular flexibility index (Phi) is 5.59. The van der Waals surface area contributed by atoms with E-state index in [-0.39, 0.29) is 46.0 Å². The molecule has 1 N–H and O–H groups in total. The molecule has 2 amide bonds. The summed E-state index contributed by atoms with van der Waals surface area (Å²) < 4.78 is 5.36. The molecule has 1 saturated heterocycles. The van der Waals surface area contributed by atoms with Crippen LogP contribution in [0.15, 0.2) is 51.6 Å². The summed E-state index contributed by atoms with van der Waals surface area (Å²) in [6, 6.07) is 4.92. The molecule has 1 heterocycles. The van der Waals surface area contributed by atoms with Crippen LogP contribution in [0.2, 0.25) is 0 Å². The molecule has 0 aromatic heterocycles. The third-order valence-corrected chi connectivity index (χ3v) is 7.99. The lowest BCUT2D eigenvalue weighted by atomic mass is 9.59. The number of allylic oxidation sites excluding steroid dienone is 6. The Bertz CT molecular complexity index is 1240. The highest BCUT2D eigenvalue weighted by molar-refractivity contribution is 9.12. The molecule has 4 atom stereocenters. The average molecular weight is 526 g/mol. The first-order valence-corrected chi connectivity index (χ1v) is 12.2. The van der Waals surface area contributed by atoms with Crippen molar-refractivity contribution in [2.75, 3.05) is 13.7 Å². The number of Topliss-reactive ketones (excluding diaryl/α,β-unsaturated/α-hetero) is 1. The number of ether oxygens (including phenoxy) is 1. The first-order chi connectivity index (χ1) is 16.3. The summed E-state index contributed by atoms with van der Waals surface area (Å²) in [6.45, 7) is 2.30. The molecule has 8 heteroatoms. The second-order valence-electron chi connectivity index (χ2n) is 9.15.